The van der Waals surface area contributed by atoms with Gasteiger partial charge in [0.2, 0.25) is 5.89 Å². The van der Waals surface area contributed by atoms with Crippen LogP contribution in [0.25, 0.3) is 22.6 Å². The third-order valence-electron chi connectivity index (χ3n) is 4.73. The van der Waals surface area contributed by atoms with Gasteiger partial charge in [-0.15, -0.1) is 0 Å². The Bertz CT molecular complexity index is 1250. The van der Waals surface area contributed by atoms with Crippen LogP contribution in [-0.2, 0) is 6.42 Å². The van der Waals surface area contributed by atoms with Crippen molar-refractivity contribution in [1.29, 1.82) is 0 Å². The Labute approximate surface area is 190 Å². The summed E-state index contributed by atoms with van der Waals surface area (Å²) in [4.78, 5) is 9.16. The highest BCUT2D eigenvalue weighted by Gasteiger charge is 2.14. The number of fused-ring (bicyclic) bond motifs is 1. The summed E-state index contributed by atoms with van der Waals surface area (Å²) in [5.74, 6) is 0.978. The zero-order valence-corrected chi connectivity index (χ0v) is 19.5. The van der Waals surface area contributed by atoms with Crippen LogP contribution in [0.5, 0.6) is 11.5 Å². The molecule has 0 atom stereocenters. The summed E-state index contributed by atoms with van der Waals surface area (Å²) in [7, 11) is 1.50. The Morgan fingerprint density at radius 3 is 2.57 bits per heavy atom. The number of phenolic OH excluding ortho intramolecular Hbond substituents is 1. The number of aliphatic imine (C=N–C) groups is 1. The van der Waals surface area contributed by atoms with Crippen molar-refractivity contribution in [3.8, 4) is 23.0 Å². The van der Waals surface area contributed by atoms with Crippen molar-refractivity contribution in [3.05, 3.63) is 68.6 Å². The SMILES string of the molecule is CCc1ccc(-c2nc3cc(N=Cc4cc(OC)c(O)c(Br)c4Br)ccc3o2)cc1. The van der Waals surface area contributed by atoms with Crippen molar-refractivity contribution in [3.63, 3.8) is 0 Å². The molecule has 0 aliphatic carbocycles. The summed E-state index contributed by atoms with van der Waals surface area (Å²) >= 11 is 6.82. The largest absolute Gasteiger partial charge is 0.503 e. The molecule has 1 heterocycles. The first-order valence-electron chi connectivity index (χ1n) is 9.29. The summed E-state index contributed by atoms with van der Waals surface area (Å²) in [6, 6.07) is 15.5. The van der Waals surface area contributed by atoms with Crippen LogP contribution in [0.2, 0.25) is 0 Å². The van der Waals surface area contributed by atoms with Crippen molar-refractivity contribution >= 4 is 54.9 Å². The lowest BCUT2D eigenvalue weighted by molar-refractivity contribution is 0.371. The number of ether oxygens (including phenoxy) is 1. The molecule has 0 aliphatic rings. The maximum absolute atomic E-state index is 10.1. The van der Waals surface area contributed by atoms with Gasteiger partial charge in [0.15, 0.2) is 17.1 Å². The number of phenols is 1. The number of oxazole rings is 1. The van der Waals surface area contributed by atoms with Crippen LogP contribution in [0.1, 0.15) is 18.1 Å². The van der Waals surface area contributed by atoms with E-state index in [0.29, 0.717) is 26.2 Å². The Morgan fingerprint density at radius 2 is 1.87 bits per heavy atom. The summed E-state index contributed by atoms with van der Waals surface area (Å²) in [6.45, 7) is 2.13. The minimum atomic E-state index is 0.0324. The first-order valence-corrected chi connectivity index (χ1v) is 10.9. The lowest BCUT2D eigenvalue weighted by atomic mass is 10.1. The van der Waals surface area contributed by atoms with Crippen molar-refractivity contribution in [2.75, 3.05) is 7.11 Å². The van der Waals surface area contributed by atoms with Crippen LogP contribution in [0.15, 0.2) is 66.9 Å². The van der Waals surface area contributed by atoms with Crippen LogP contribution in [0, 0.1) is 0 Å². The van der Waals surface area contributed by atoms with Crippen LogP contribution < -0.4 is 4.74 Å². The molecule has 0 saturated heterocycles. The van der Waals surface area contributed by atoms with E-state index < -0.39 is 0 Å². The Balaban J connectivity index is 1.65. The molecule has 4 aromatic rings. The monoisotopic (exact) mass is 528 g/mol. The summed E-state index contributed by atoms with van der Waals surface area (Å²) < 4.78 is 12.3. The fraction of sp³-hybridized carbons (Fsp3) is 0.130. The molecule has 0 aliphatic heterocycles. The maximum Gasteiger partial charge on any atom is 0.227 e. The molecule has 3 aromatic carbocycles. The average Bonchev–Trinajstić information content (AvgIpc) is 3.20. The quantitative estimate of drug-likeness (QED) is 0.281. The van der Waals surface area contributed by atoms with E-state index in [9.17, 15) is 5.11 Å². The van der Waals surface area contributed by atoms with Gasteiger partial charge >= 0.3 is 0 Å². The number of rotatable bonds is 5. The Morgan fingerprint density at radius 1 is 1.10 bits per heavy atom. The average molecular weight is 530 g/mol. The topological polar surface area (TPSA) is 67.9 Å². The zero-order chi connectivity index (χ0) is 21.3. The second-order valence-electron chi connectivity index (χ2n) is 6.62. The molecule has 1 aromatic heterocycles. The zero-order valence-electron chi connectivity index (χ0n) is 16.3. The van der Waals surface area contributed by atoms with Crippen molar-refractivity contribution in [2.24, 2.45) is 4.99 Å². The molecule has 4 rings (SSSR count). The standard InChI is InChI=1S/C23H18Br2N2O3/c1-3-13-4-6-14(7-5-13)23-27-17-11-16(8-9-18(17)30-23)26-12-15-10-19(29-2)22(28)21(25)20(15)24/h4-12,28H,3H2,1-2H3. The predicted octanol–water partition coefficient (Wildman–Crippen LogP) is 7.05. The van der Waals surface area contributed by atoms with Gasteiger partial charge in [-0.25, -0.2) is 4.98 Å². The van der Waals surface area contributed by atoms with Gasteiger partial charge in [0.25, 0.3) is 0 Å². The molecule has 1 N–H and O–H groups in total. The van der Waals surface area contributed by atoms with Gasteiger partial charge in [0.1, 0.15) is 5.52 Å². The molecule has 0 spiro atoms. The molecule has 5 nitrogen and oxygen atoms in total. The first kappa shape index (κ1) is 20.6. The molecule has 0 saturated carbocycles. The van der Waals surface area contributed by atoms with E-state index >= 15 is 0 Å². The summed E-state index contributed by atoms with van der Waals surface area (Å²) in [5.41, 5.74) is 5.15. The van der Waals surface area contributed by atoms with Gasteiger partial charge in [0.05, 0.1) is 17.3 Å². The smallest absolute Gasteiger partial charge is 0.227 e. The number of nitrogens with zero attached hydrogens (tertiary/aromatic N) is 2. The van der Waals surface area contributed by atoms with Crippen LogP contribution in [-0.4, -0.2) is 23.4 Å². The maximum atomic E-state index is 10.1. The first-order chi connectivity index (χ1) is 14.5. The molecule has 0 unspecified atom stereocenters. The third-order valence-corrected chi connectivity index (χ3v) is 6.89. The van der Waals surface area contributed by atoms with E-state index in [1.165, 1.54) is 12.7 Å². The summed E-state index contributed by atoms with van der Waals surface area (Å²) in [5, 5.41) is 10.1. The van der Waals surface area contributed by atoms with E-state index in [1.54, 1.807) is 12.3 Å². The minimum Gasteiger partial charge on any atom is -0.503 e. The van der Waals surface area contributed by atoms with Gasteiger partial charge in [0, 0.05) is 21.8 Å². The van der Waals surface area contributed by atoms with Crippen LogP contribution >= 0.6 is 31.9 Å². The van der Waals surface area contributed by atoms with Crippen molar-refractivity contribution < 1.29 is 14.3 Å². The molecule has 30 heavy (non-hydrogen) atoms. The normalized spacial score (nSPS) is 11.5. The van der Waals surface area contributed by atoms with E-state index in [1.807, 2.05) is 30.3 Å². The van der Waals surface area contributed by atoms with Gasteiger partial charge in [-0.3, -0.25) is 4.99 Å². The molecule has 152 valence electrons. The number of methoxy groups -OCH3 is 1. The number of benzene rings is 3. The second-order valence-corrected chi connectivity index (χ2v) is 8.21. The fourth-order valence-corrected chi connectivity index (χ4v) is 3.84. The number of halogens is 2. The molecular weight excluding hydrogens is 512 g/mol. The summed E-state index contributed by atoms with van der Waals surface area (Å²) in [6.07, 6.45) is 2.69. The van der Waals surface area contributed by atoms with E-state index in [0.717, 1.165) is 28.8 Å². The van der Waals surface area contributed by atoms with Crippen molar-refractivity contribution in [2.45, 2.75) is 13.3 Å². The molecule has 0 radical (unpaired) electrons. The number of hydrogen-bond donors (Lipinski definition) is 1. The van der Waals surface area contributed by atoms with E-state index in [4.69, 9.17) is 9.15 Å². The lowest BCUT2D eigenvalue weighted by Crippen LogP contribution is -1.91. The molecule has 0 bridgehead atoms. The van der Waals surface area contributed by atoms with Gasteiger partial charge in [-0.05, 0) is 80.2 Å². The Kier molecular flexibility index (Phi) is 5.92. The highest BCUT2D eigenvalue weighted by molar-refractivity contribution is 9.13. The van der Waals surface area contributed by atoms with Gasteiger partial charge in [-0.2, -0.15) is 0 Å². The van der Waals surface area contributed by atoms with Gasteiger partial charge in [-0.1, -0.05) is 19.1 Å². The minimum absolute atomic E-state index is 0.0324. The highest BCUT2D eigenvalue weighted by Crippen LogP contribution is 2.41. The number of aromatic hydroxyl groups is 1. The van der Waals surface area contributed by atoms with Crippen molar-refractivity contribution in [1.82, 2.24) is 4.98 Å². The number of aryl methyl sites for hydroxylation is 1. The Hall–Kier alpha value is -2.64. The molecular formula is C23H18Br2N2O3. The van der Waals surface area contributed by atoms with E-state index in [-0.39, 0.29) is 5.75 Å². The fourth-order valence-electron chi connectivity index (χ4n) is 3.01. The lowest BCUT2D eigenvalue weighted by Gasteiger charge is -2.09. The predicted molar refractivity (Wildman–Crippen MR) is 126 cm³/mol. The van der Waals surface area contributed by atoms with Crippen LogP contribution in [0.4, 0.5) is 5.69 Å². The highest BCUT2D eigenvalue weighted by atomic mass is 79.9. The van der Waals surface area contributed by atoms with Crippen LogP contribution in [0.3, 0.4) is 0 Å². The molecule has 0 fully saturated rings. The molecule has 0 amide bonds. The van der Waals surface area contributed by atoms with Gasteiger partial charge < -0.3 is 14.3 Å². The van der Waals surface area contributed by atoms with E-state index in [2.05, 4.69) is 60.9 Å². The second kappa shape index (κ2) is 8.62. The number of hydrogen-bond acceptors (Lipinski definition) is 5. The number of aromatic nitrogens is 1. The molecule has 7 heteroatoms. The third kappa shape index (κ3) is 4.00.